The van der Waals surface area contributed by atoms with Crippen molar-refractivity contribution >= 4 is 18.3 Å². The summed E-state index contributed by atoms with van der Waals surface area (Å²) in [7, 11) is 0. The Morgan fingerprint density at radius 2 is 1.86 bits per heavy atom. The maximum absolute atomic E-state index is 12.1. The Morgan fingerprint density at radius 3 is 2.45 bits per heavy atom. The van der Waals surface area contributed by atoms with Crippen LogP contribution in [0.2, 0.25) is 0 Å². The lowest BCUT2D eigenvalue weighted by atomic mass is 9.92. The summed E-state index contributed by atoms with van der Waals surface area (Å²) in [5.74, 6) is 0.217. The Kier molecular flexibility index (Phi) is 8.46. The lowest BCUT2D eigenvalue weighted by molar-refractivity contribution is -0.124. The number of aryl methyl sites for hydroxylation is 1. The monoisotopic (exact) mass is 326 g/mol. The number of nitrogens with two attached hydrogens (primary N) is 1. The average Bonchev–Trinajstić information content (AvgIpc) is 2.55. The van der Waals surface area contributed by atoms with Gasteiger partial charge in [0.15, 0.2) is 0 Å². The fourth-order valence-corrected chi connectivity index (χ4v) is 2.68. The van der Waals surface area contributed by atoms with Crippen LogP contribution >= 0.6 is 12.4 Å². The van der Waals surface area contributed by atoms with E-state index in [1.807, 2.05) is 0 Å². The van der Waals surface area contributed by atoms with Crippen molar-refractivity contribution < 1.29 is 9.53 Å². The molecule has 0 radical (unpaired) electrons. The molecule has 1 aliphatic heterocycles. The van der Waals surface area contributed by atoms with Crippen molar-refractivity contribution in [2.45, 2.75) is 38.6 Å². The SMILES string of the molecule is CCc1ccc(CCNC(=O)C(N)C2CCOCC2)cc1.Cl. The van der Waals surface area contributed by atoms with Gasteiger partial charge in [0.1, 0.15) is 0 Å². The Hall–Kier alpha value is -1.10. The number of halogens is 1. The van der Waals surface area contributed by atoms with E-state index in [0.29, 0.717) is 6.54 Å². The highest BCUT2D eigenvalue weighted by molar-refractivity contribution is 5.85. The van der Waals surface area contributed by atoms with Crippen molar-refractivity contribution in [1.29, 1.82) is 0 Å². The van der Waals surface area contributed by atoms with Crippen molar-refractivity contribution in [2.24, 2.45) is 11.7 Å². The predicted molar refractivity (Wildman–Crippen MR) is 91.3 cm³/mol. The van der Waals surface area contributed by atoms with Crippen LogP contribution in [-0.4, -0.2) is 31.7 Å². The summed E-state index contributed by atoms with van der Waals surface area (Å²) in [6, 6.07) is 8.14. The van der Waals surface area contributed by atoms with E-state index in [0.717, 1.165) is 38.9 Å². The zero-order chi connectivity index (χ0) is 15.1. The molecule has 1 fully saturated rings. The van der Waals surface area contributed by atoms with E-state index in [-0.39, 0.29) is 24.2 Å². The number of amides is 1. The van der Waals surface area contributed by atoms with Crippen LogP contribution in [0.1, 0.15) is 30.9 Å². The molecule has 0 bridgehead atoms. The quantitative estimate of drug-likeness (QED) is 0.841. The lowest BCUT2D eigenvalue weighted by Crippen LogP contribution is -2.47. The molecule has 0 spiro atoms. The molecule has 5 heteroatoms. The summed E-state index contributed by atoms with van der Waals surface area (Å²) in [5, 5.41) is 2.95. The molecular formula is C17H27ClN2O2. The van der Waals surface area contributed by atoms with E-state index in [4.69, 9.17) is 10.5 Å². The summed E-state index contributed by atoms with van der Waals surface area (Å²) in [4.78, 5) is 12.1. The van der Waals surface area contributed by atoms with Crippen LogP contribution < -0.4 is 11.1 Å². The zero-order valence-corrected chi connectivity index (χ0v) is 14.0. The van der Waals surface area contributed by atoms with E-state index in [9.17, 15) is 4.79 Å². The van der Waals surface area contributed by atoms with Gasteiger partial charge in [-0.1, -0.05) is 31.2 Å². The number of nitrogens with one attached hydrogen (secondary N) is 1. The molecule has 1 atom stereocenters. The number of hydrogen-bond donors (Lipinski definition) is 2. The minimum atomic E-state index is -0.406. The van der Waals surface area contributed by atoms with E-state index >= 15 is 0 Å². The highest BCUT2D eigenvalue weighted by atomic mass is 35.5. The topological polar surface area (TPSA) is 64.4 Å². The number of rotatable bonds is 6. The Balaban J connectivity index is 0.00000242. The number of hydrogen-bond acceptors (Lipinski definition) is 3. The lowest BCUT2D eigenvalue weighted by Gasteiger charge is -2.26. The van der Waals surface area contributed by atoms with Crippen molar-refractivity contribution in [1.82, 2.24) is 5.32 Å². The van der Waals surface area contributed by atoms with Gasteiger partial charge in [-0.2, -0.15) is 0 Å². The molecule has 4 nitrogen and oxygen atoms in total. The van der Waals surface area contributed by atoms with E-state index in [1.54, 1.807) is 0 Å². The predicted octanol–water partition coefficient (Wildman–Crippen LogP) is 2.08. The third-order valence-corrected chi connectivity index (χ3v) is 4.22. The van der Waals surface area contributed by atoms with Gasteiger partial charge in [-0.05, 0) is 42.7 Å². The van der Waals surface area contributed by atoms with Gasteiger partial charge in [0.2, 0.25) is 5.91 Å². The van der Waals surface area contributed by atoms with Gasteiger partial charge in [-0.15, -0.1) is 12.4 Å². The van der Waals surface area contributed by atoms with Crippen LogP contribution in [0, 0.1) is 5.92 Å². The zero-order valence-electron chi connectivity index (χ0n) is 13.2. The maximum Gasteiger partial charge on any atom is 0.237 e. The minimum absolute atomic E-state index is 0. The van der Waals surface area contributed by atoms with Crippen LogP contribution in [-0.2, 0) is 22.4 Å². The molecular weight excluding hydrogens is 300 g/mol. The molecule has 1 unspecified atom stereocenters. The van der Waals surface area contributed by atoms with Gasteiger partial charge >= 0.3 is 0 Å². The highest BCUT2D eigenvalue weighted by Gasteiger charge is 2.26. The summed E-state index contributed by atoms with van der Waals surface area (Å²) in [5.41, 5.74) is 8.62. The molecule has 124 valence electrons. The van der Waals surface area contributed by atoms with Gasteiger partial charge in [0.05, 0.1) is 6.04 Å². The molecule has 1 aromatic rings. The summed E-state index contributed by atoms with van der Waals surface area (Å²) < 4.78 is 5.30. The molecule has 0 saturated carbocycles. The number of carbonyl (C=O) groups excluding carboxylic acids is 1. The first-order chi connectivity index (χ1) is 10.2. The largest absolute Gasteiger partial charge is 0.381 e. The summed E-state index contributed by atoms with van der Waals surface area (Å²) in [6.07, 6.45) is 3.66. The number of carbonyl (C=O) groups is 1. The van der Waals surface area contributed by atoms with Gasteiger partial charge in [0.25, 0.3) is 0 Å². The highest BCUT2D eigenvalue weighted by Crippen LogP contribution is 2.17. The third kappa shape index (κ3) is 5.59. The molecule has 1 heterocycles. The van der Waals surface area contributed by atoms with Crippen LogP contribution in [0.15, 0.2) is 24.3 Å². The van der Waals surface area contributed by atoms with E-state index in [2.05, 4.69) is 36.5 Å². The first-order valence-corrected chi connectivity index (χ1v) is 7.89. The summed E-state index contributed by atoms with van der Waals surface area (Å²) >= 11 is 0. The van der Waals surface area contributed by atoms with Crippen LogP contribution in [0.4, 0.5) is 0 Å². The molecule has 2 rings (SSSR count). The number of ether oxygens (including phenoxy) is 1. The fourth-order valence-electron chi connectivity index (χ4n) is 2.68. The average molecular weight is 327 g/mol. The molecule has 0 aromatic heterocycles. The Labute approximate surface area is 139 Å². The first kappa shape index (κ1) is 18.9. The maximum atomic E-state index is 12.1. The minimum Gasteiger partial charge on any atom is -0.381 e. The Morgan fingerprint density at radius 1 is 1.27 bits per heavy atom. The molecule has 1 aliphatic rings. The molecule has 1 amide bonds. The standard InChI is InChI=1S/C17H26N2O2.ClH/c1-2-13-3-5-14(6-4-13)7-10-19-17(20)16(18)15-8-11-21-12-9-15;/h3-6,15-16H,2,7-12,18H2,1H3,(H,19,20);1H. The molecule has 22 heavy (non-hydrogen) atoms. The first-order valence-electron chi connectivity index (χ1n) is 7.89. The van der Waals surface area contributed by atoms with Crippen LogP contribution in [0.25, 0.3) is 0 Å². The van der Waals surface area contributed by atoms with Crippen molar-refractivity contribution in [3.63, 3.8) is 0 Å². The number of benzene rings is 1. The van der Waals surface area contributed by atoms with E-state index in [1.165, 1.54) is 11.1 Å². The smallest absolute Gasteiger partial charge is 0.237 e. The van der Waals surface area contributed by atoms with Gasteiger partial charge in [-0.25, -0.2) is 0 Å². The second kappa shape index (κ2) is 9.82. The normalized spacial score (nSPS) is 16.6. The molecule has 3 N–H and O–H groups in total. The van der Waals surface area contributed by atoms with Crippen LogP contribution in [0.3, 0.4) is 0 Å². The van der Waals surface area contributed by atoms with Crippen molar-refractivity contribution in [3.8, 4) is 0 Å². The van der Waals surface area contributed by atoms with Gasteiger partial charge < -0.3 is 15.8 Å². The van der Waals surface area contributed by atoms with Gasteiger partial charge in [0, 0.05) is 19.8 Å². The van der Waals surface area contributed by atoms with E-state index < -0.39 is 6.04 Å². The second-order valence-electron chi connectivity index (χ2n) is 5.69. The van der Waals surface area contributed by atoms with Crippen LogP contribution in [0.5, 0.6) is 0 Å². The van der Waals surface area contributed by atoms with Crippen molar-refractivity contribution in [2.75, 3.05) is 19.8 Å². The van der Waals surface area contributed by atoms with Gasteiger partial charge in [-0.3, -0.25) is 4.79 Å². The fraction of sp³-hybridized carbons (Fsp3) is 0.588. The second-order valence-corrected chi connectivity index (χ2v) is 5.69. The Bertz CT molecular complexity index is 444. The summed E-state index contributed by atoms with van der Waals surface area (Å²) in [6.45, 7) is 4.22. The molecule has 0 aliphatic carbocycles. The molecule has 1 aromatic carbocycles. The molecule has 1 saturated heterocycles. The third-order valence-electron chi connectivity index (χ3n) is 4.22. The van der Waals surface area contributed by atoms with Crippen molar-refractivity contribution in [3.05, 3.63) is 35.4 Å².